The Bertz CT molecular complexity index is 402. The minimum atomic E-state index is -0.545. The van der Waals surface area contributed by atoms with E-state index in [-0.39, 0.29) is 30.0 Å². The van der Waals surface area contributed by atoms with Gasteiger partial charge in [0.15, 0.2) is 5.78 Å². The maximum Gasteiger partial charge on any atom is 0.280 e. The molecule has 0 saturated heterocycles. The van der Waals surface area contributed by atoms with E-state index in [1.165, 1.54) is 6.07 Å². The average Bonchev–Trinajstić information content (AvgIpc) is 2.17. The molecule has 0 radical (unpaired) electrons. The largest absolute Gasteiger partial charge is 0.330 e. The Morgan fingerprint density at radius 2 is 2.20 bits per heavy atom. The van der Waals surface area contributed by atoms with Gasteiger partial charge in [-0.3, -0.25) is 14.9 Å². The molecule has 1 rings (SSSR count). The first kappa shape index (κ1) is 11.3. The topological polar surface area (TPSA) is 86.2 Å². The number of nitro groups is 1. The molecule has 0 aliphatic carbocycles. The SMILES string of the molecule is Cc1cccc([N+](=O)[O-])c1C(=O)CCN. The van der Waals surface area contributed by atoms with Crippen LogP contribution in [0, 0.1) is 17.0 Å². The third-order valence-electron chi connectivity index (χ3n) is 2.10. The van der Waals surface area contributed by atoms with Gasteiger partial charge < -0.3 is 5.73 Å². The highest BCUT2D eigenvalue weighted by atomic mass is 16.6. The van der Waals surface area contributed by atoms with Crippen LogP contribution in [-0.4, -0.2) is 17.3 Å². The number of benzene rings is 1. The van der Waals surface area contributed by atoms with Crippen LogP contribution in [0.3, 0.4) is 0 Å². The van der Waals surface area contributed by atoms with Gasteiger partial charge in [-0.05, 0) is 19.0 Å². The van der Waals surface area contributed by atoms with Crippen LogP contribution in [0.1, 0.15) is 22.3 Å². The van der Waals surface area contributed by atoms with Crippen molar-refractivity contribution in [3.63, 3.8) is 0 Å². The van der Waals surface area contributed by atoms with Crippen LogP contribution < -0.4 is 5.73 Å². The molecule has 80 valence electrons. The first-order chi connectivity index (χ1) is 7.07. The van der Waals surface area contributed by atoms with Gasteiger partial charge in [-0.15, -0.1) is 0 Å². The fourth-order valence-electron chi connectivity index (χ4n) is 1.42. The summed E-state index contributed by atoms with van der Waals surface area (Å²) < 4.78 is 0. The standard InChI is InChI=1S/C10H12N2O3/c1-7-3-2-4-8(12(14)15)10(7)9(13)5-6-11/h2-4H,5-6,11H2,1H3. The number of nitro benzene ring substituents is 1. The molecule has 15 heavy (non-hydrogen) atoms. The van der Waals surface area contributed by atoms with Crippen molar-refractivity contribution in [2.45, 2.75) is 13.3 Å². The number of carbonyl (C=O) groups excluding carboxylic acids is 1. The summed E-state index contributed by atoms with van der Waals surface area (Å²) in [5, 5.41) is 10.7. The van der Waals surface area contributed by atoms with E-state index < -0.39 is 4.92 Å². The number of hydrogen-bond donors (Lipinski definition) is 1. The van der Waals surface area contributed by atoms with Gasteiger partial charge in [-0.2, -0.15) is 0 Å². The van der Waals surface area contributed by atoms with Crippen LogP contribution in [0.2, 0.25) is 0 Å². The maximum absolute atomic E-state index is 11.6. The number of ketones is 1. The Hall–Kier alpha value is -1.75. The van der Waals surface area contributed by atoms with Crippen LogP contribution in [-0.2, 0) is 0 Å². The molecule has 1 aromatic carbocycles. The summed E-state index contributed by atoms with van der Waals surface area (Å²) in [6.07, 6.45) is 0.131. The second-order valence-corrected chi connectivity index (χ2v) is 3.19. The molecule has 0 heterocycles. The zero-order valence-electron chi connectivity index (χ0n) is 8.40. The fraction of sp³-hybridized carbons (Fsp3) is 0.300. The van der Waals surface area contributed by atoms with Crippen molar-refractivity contribution in [1.82, 2.24) is 0 Å². The molecular weight excluding hydrogens is 196 g/mol. The summed E-state index contributed by atoms with van der Waals surface area (Å²) in [7, 11) is 0. The fourth-order valence-corrected chi connectivity index (χ4v) is 1.42. The van der Waals surface area contributed by atoms with Crippen molar-refractivity contribution < 1.29 is 9.72 Å². The molecule has 0 unspecified atom stereocenters. The number of Topliss-reactive ketones (excluding diaryl/α,β-unsaturated/α-hetero) is 1. The third kappa shape index (κ3) is 2.38. The molecule has 0 aliphatic rings. The molecule has 0 aromatic heterocycles. The van der Waals surface area contributed by atoms with Gasteiger partial charge in [0.25, 0.3) is 5.69 Å². The highest BCUT2D eigenvalue weighted by molar-refractivity contribution is 6.01. The molecule has 0 bridgehead atoms. The summed E-state index contributed by atoms with van der Waals surface area (Å²) in [5.41, 5.74) is 5.89. The van der Waals surface area contributed by atoms with E-state index in [9.17, 15) is 14.9 Å². The Morgan fingerprint density at radius 1 is 1.53 bits per heavy atom. The quantitative estimate of drug-likeness (QED) is 0.460. The second kappa shape index (κ2) is 4.65. The van der Waals surface area contributed by atoms with E-state index in [0.29, 0.717) is 5.56 Å². The minimum Gasteiger partial charge on any atom is -0.330 e. The molecule has 0 aliphatic heterocycles. The summed E-state index contributed by atoms with van der Waals surface area (Å²) >= 11 is 0. The number of rotatable bonds is 4. The summed E-state index contributed by atoms with van der Waals surface area (Å²) in [4.78, 5) is 21.8. The number of carbonyl (C=O) groups is 1. The van der Waals surface area contributed by atoms with Gasteiger partial charge in [0, 0.05) is 12.5 Å². The summed E-state index contributed by atoms with van der Waals surface area (Å²) in [6.45, 7) is 1.88. The first-order valence-electron chi connectivity index (χ1n) is 4.55. The average molecular weight is 208 g/mol. The molecule has 5 heteroatoms. The Balaban J connectivity index is 3.24. The smallest absolute Gasteiger partial charge is 0.280 e. The van der Waals surface area contributed by atoms with E-state index in [1.807, 2.05) is 0 Å². The van der Waals surface area contributed by atoms with Crippen LogP contribution in [0.4, 0.5) is 5.69 Å². The monoisotopic (exact) mass is 208 g/mol. The predicted octanol–water partition coefficient (Wildman–Crippen LogP) is 1.43. The first-order valence-corrected chi connectivity index (χ1v) is 4.55. The lowest BCUT2D eigenvalue weighted by molar-refractivity contribution is -0.385. The zero-order valence-corrected chi connectivity index (χ0v) is 8.40. The Labute approximate surface area is 87.0 Å². The molecule has 0 saturated carbocycles. The molecule has 0 atom stereocenters. The number of nitrogens with zero attached hydrogens (tertiary/aromatic N) is 1. The Morgan fingerprint density at radius 3 is 2.73 bits per heavy atom. The van der Waals surface area contributed by atoms with Crippen molar-refractivity contribution in [2.24, 2.45) is 5.73 Å². The van der Waals surface area contributed by atoms with Crippen LogP contribution in [0.5, 0.6) is 0 Å². The van der Waals surface area contributed by atoms with E-state index >= 15 is 0 Å². The number of aryl methyl sites for hydroxylation is 1. The minimum absolute atomic E-state index is 0.131. The normalized spacial score (nSPS) is 10.0. The van der Waals surface area contributed by atoms with Crippen LogP contribution >= 0.6 is 0 Å². The van der Waals surface area contributed by atoms with Gasteiger partial charge in [0.05, 0.1) is 10.5 Å². The number of hydrogen-bond acceptors (Lipinski definition) is 4. The second-order valence-electron chi connectivity index (χ2n) is 3.19. The third-order valence-corrected chi connectivity index (χ3v) is 2.10. The van der Waals surface area contributed by atoms with Gasteiger partial charge in [-0.25, -0.2) is 0 Å². The van der Waals surface area contributed by atoms with Gasteiger partial charge in [0.2, 0.25) is 0 Å². The van der Waals surface area contributed by atoms with E-state index in [4.69, 9.17) is 5.73 Å². The maximum atomic E-state index is 11.6. The van der Waals surface area contributed by atoms with Crippen molar-refractivity contribution in [3.05, 3.63) is 39.4 Å². The Kier molecular flexibility index (Phi) is 3.51. The highest BCUT2D eigenvalue weighted by Crippen LogP contribution is 2.22. The number of nitrogens with two attached hydrogens (primary N) is 1. The van der Waals surface area contributed by atoms with Gasteiger partial charge >= 0.3 is 0 Å². The van der Waals surface area contributed by atoms with Crippen molar-refractivity contribution >= 4 is 11.5 Å². The summed E-state index contributed by atoms with van der Waals surface area (Å²) in [5.74, 6) is -0.276. The van der Waals surface area contributed by atoms with E-state index in [2.05, 4.69) is 0 Å². The van der Waals surface area contributed by atoms with E-state index in [0.717, 1.165) is 0 Å². The summed E-state index contributed by atoms with van der Waals surface area (Å²) in [6, 6.07) is 4.57. The lowest BCUT2D eigenvalue weighted by Crippen LogP contribution is -2.11. The van der Waals surface area contributed by atoms with Crippen molar-refractivity contribution in [2.75, 3.05) is 6.54 Å². The van der Waals surface area contributed by atoms with Gasteiger partial charge in [-0.1, -0.05) is 12.1 Å². The van der Waals surface area contributed by atoms with Crippen molar-refractivity contribution in [1.29, 1.82) is 0 Å². The molecule has 0 spiro atoms. The molecular formula is C10H12N2O3. The molecule has 0 amide bonds. The molecule has 2 N–H and O–H groups in total. The zero-order chi connectivity index (χ0) is 11.4. The molecule has 5 nitrogen and oxygen atoms in total. The van der Waals surface area contributed by atoms with Gasteiger partial charge in [0.1, 0.15) is 0 Å². The molecule has 1 aromatic rings. The van der Waals surface area contributed by atoms with Crippen molar-refractivity contribution in [3.8, 4) is 0 Å². The molecule has 0 fully saturated rings. The lowest BCUT2D eigenvalue weighted by Gasteiger charge is -2.04. The lowest BCUT2D eigenvalue weighted by atomic mass is 10.0. The highest BCUT2D eigenvalue weighted by Gasteiger charge is 2.20. The van der Waals surface area contributed by atoms with Crippen LogP contribution in [0.25, 0.3) is 0 Å². The van der Waals surface area contributed by atoms with E-state index in [1.54, 1.807) is 19.1 Å². The van der Waals surface area contributed by atoms with Crippen LogP contribution in [0.15, 0.2) is 18.2 Å². The predicted molar refractivity (Wildman–Crippen MR) is 55.8 cm³/mol.